The fraction of sp³-hybridized carbons (Fsp3) is 0.429. The van der Waals surface area contributed by atoms with E-state index in [0.29, 0.717) is 24.8 Å². The van der Waals surface area contributed by atoms with Crippen molar-refractivity contribution in [1.82, 2.24) is 15.0 Å². The SMILES string of the molecule is FC(F)(F)c1ccnc(N2CCC(c3ncc[nH]3)CC2)c1. The molecule has 0 saturated carbocycles. The molecule has 1 N–H and O–H groups in total. The van der Waals surface area contributed by atoms with E-state index in [2.05, 4.69) is 15.0 Å². The van der Waals surface area contributed by atoms with Gasteiger partial charge in [0.05, 0.1) is 5.56 Å². The Bertz CT molecular complexity index is 587. The molecule has 1 aliphatic heterocycles. The minimum atomic E-state index is -4.33. The number of nitrogens with one attached hydrogen (secondary N) is 1. The zero-order valence-corrected chi connectivity index (χ0v) is 11.3. The van der Waals surface area contributed by atoms with Gasteiger partial charge in [0.2, 0.25) is 0 Å². The number of aromatic amines is 1. The number of anilines is 1. The molecule has 3 heterocycles. The second-order valence-corrected chi connectivity index (χ2v) is 5.14. The Balaban J connectivity index is 1.70. The monoisotopic (exact) mass is 296 g/mol. The van der Waals surface area contributed by atoms with Crippen LogP contribution in [0.4, 0.5) is 19.0 Å². The van der Waals surface area contributed by atoms with Gasteiger partial charge in [-0.1, -0.05) is 0 Å². The van der Waals surface area contributed by atoms with E-state index in [4.69, 9.17) is 0 Å². The third-order valence-electron chi connectivity index (χ3n) is 3.80. The van der Waals surface area contributed by atoms with Crippen LogP contribution in [0.5, 0.6) is 0 Å². The molecule has 3 rings (SSSR count). The molecular weight excluding hydrogens is 281 g/mol. The molecule has 0 radical (unpaired) electrons. The molecule has 1 aliphatic rings. The highest BCUT2D eigenvalue weighted by Crippen LogP contribution is 2.32. The maximum atomic E-state index is 12.7. The lowest BCUT2D eigenvalue weighted by molar-refractivity contribution is -0.137. The number of rotatable bonds is 2. The van der Waals surface area contributed by atoms with E-state index >= 15 is 0 Å². The summed E-state index contributed by atoms with van der Waals surface area (Å²) < 4.78 is 38.2. The zero-order valence-electron chi connectivity index (χ0n) is 11.3. The van der Waals surface area contributed by atoms with Gasteiger partial charge >= 0.3 is 6.18 Å². The van der Waals surface area contributed by atoms with Crippen molar-refractivity contribution in [3.63, 3.8) is 0 Å². The van der Waals surface area contributed by atoms with E-state index in [1.807, 2.05) is 4.90 Å². The van der Waals surface area contributed by atoms with Crippen molar-refractivity contribution in [3.05, 3.63) is 42.1 Å². The molecule has 0 unspecified atom stereocenters. The molecule has 1 saturated heterocycles. The second-order valence-electron chi connectivity index (χ2n) is 5.14. The quantitative estimate of drug-likeness (QED) is 0.925. The van der Waals surface area contributed by atoms with Crippen molar-refractivity contribution in [3.8, 4) is 0 Å². The van der Waals surface area contributed by atoms with Gasteiger partial charge in [0.15, 0.2) is 0 Å². The minimum Gasteiger partial charge on any atom is -0.357 e. The van der Waals surface area contributed by atoms with Crippen molar-refractivity contribution in [1.29, 1.82) is 0 Å². The van der Waals surface area contributed by atoms with Crippen LogP contribution in [0.1, 0.15) is 30.1 Å². The van der Waals surface area contributed by atoms with Gasteiger partial charge in [-0.15, -0.1) is 0 Å². The number of alkyl halides is 3. The highest BCUT2D eigenvalue weighted by atomic mass is 19.4. The summed E-state index contributed by atoms with van der Waals surface area (Å²) in [6, 6.07) is 2.12. The number of aromatic nitrogens is 3. The molecule has 112 valence electrons. The minimum absolute atomic E-state index is 0.335. The van der Waals surface area contributed by atoms with Crippen LogP contribution in [0.25, 0.3) is 0 Å². The summed E-state index contributed by atoms with van der Waals surface area (Å²) >= 11 is 0. The predicted octanol–water partition coefficient (Wildman–Crippen LogP) is 3.21. The van der Waals surface area contributed by atoms with E-state index in [1.54, 1.807) is 12.4 Å². The fourth-order valence-corrected chi connectivity index (χ4v) is 2.65. The standard InChI is InChI=1S/C14H15F3N4/c15-14(16,17)11-1-4-18-12(9-11)21-7-2-10(3-8-21)13-19-5-6-20-13/h1,4-6,9-10H,2-3,7-8H2,(H,19,20). The lowest BCUT2D eigenvalue weighted by atomic mass is 9.96. The molecule has 2 aromatic heterocycles. The molecule has 0 aliphatic carbocycles. The maximum Gasteiger partial charge on any atom is 0.416 e. The van der Waals surface area contributed by atoms with Crippen LogP contribution in [0, 0.1) is 0 Å². The van der Waals surface area contributed by atoms with Crippen LogP contribution >= 0.6 is 0 Å². The van der Waals surface area contributed by atoms with Crippen LogP contribution in [0.15, 0.2) is 30.7 Å². The maximum absolute atomic E-state index is 12.7. The topological polar surface area (TPSA) is 44.8 Å². The Morgan fingerprint density at radius 3 is 2.52 bits per heavy atom. The van der Waals surface area contributed by atoms with Crippen molar-refractivity contribution in [2.24, 2.45) is 0 Å². The first-order chi connectivity index (χ1) is 10.0. The smallest absolute Gasteiger partial charge is 0.357 e. The van der Waals surface area contributed by atoms with Crippen LogP contribution in [0.3, 0.4) is 0 Å². The number of halogens is 3. The molecule has 1 fully saturated rings. The first kappa shape index (κ1) is 13.9. The van der Waals surface area contributed by atoms with Crippen molar-refractivity contribution >= 4 is 5.82 Å². The van der Waals surface area contributed by atoms with E-state index in [1.165, 1.54) is 6.20 Å². The number of H-pyrrole nitrogens is 1. The molecule has 0 spiro atoms. The fourth-order valence-electron chi connectivity index (χ4n) is 2.65. The van der Waals surface area contributed by atoms with E-state index in [0.717, 1.165) is 30.8 Å². The number of imidazole rings is 1. The van der Waals surface area contributed by atoms with Gasteiger partial charge in [-0.2, -0.15) is 13.2 Å². The van der Waals surface area contributed by atoms with Gasteiger partial charge in [0, 0.05) is 37.6 Å². The summed E-state index contributed by atoms with van der Waals surface area (Å²) in [7, 11) is 0. The first-order valence-corrected chi connectivity index (χ1v) is 6.81. The van der Waals surface area contributed by atoms with Crippen LogP contribution in [-0.2, 0) is 6.18 Å². The predicted molar refractivity (Wildman–Crippen MR) is 72.0 cm³/mol. The molecule has 0 amide bonds. The molecular formula is C14H15F3N4. The zero-order chi connectivity index (χ0) is 14.9. The summed E-state index contributed by atoms with van der Waals surface area (Å²) in [5, 5.41) is 0. The van der Waals surface area contributed by atoms with E-state index in [9.17, 15) is 13.2 Å². The summed E-state index contributed by atoms with van der Waals surface area (Å²) in [4.78, 5) is 13.3. The van der Waals surface area contributed by atoms with Crippen molar-refractivity contribution in [2.75, 3.05) is 18.0 Å². The normalized spacial score (nSPS) is 17.2. The molecule has 2 aromatic rings. The van der Waals surface area contributed by atoms with Crippen LogP contribution in [0.2, 0.25) is 0 Å². The molecule has 0 atom stereocenters. The second kappa shape index (κ2) is 5.38. The van der Waals surface area contributed by atoms with Gasteiger partial charge in [0.25, 0.3) is 0 Å². The Kier molecular flexibility index (Phi) is 3.57. The number of pyridine rings is 1. The Hall–Kier alpha value is -2.05. The third kappa shape index (κ3) is 3.01. The number of piperidine rings is 1. The molecule has 4 nitrogen and oxygen atoms in total. The van der Waals surface area contributed by atoms with E-state index in [-0.39, 0.29) is 0 Å². The molecule has 21 heavy (non-hydrogen) atoms. The highest BCUT2D eigenvalue weighted by Gasteiger charge is 2.31. The van der Waals surface area contributed by atoms with E-state index < -0.39 is 11.7 Å². The summed E-state index contributed by atoms with van der Waals surface area (Å²) in [5.74, 6) is 1.68. The van der Waals surface area contributed by atoms with Gasteiger partial charge in [0.1, 0.15) is 11.6 Å². The van der Waals surface area contributed by atoms with Gasteiger partial charge in [-0.25, -0.2) is 9.97 Å². The summed E-state index contributed by atoms with van der Waals surface area (Å²) in [5.41, 5.74) is -0.652. The van der Waals surface area contributed by atoms with Crippen LogP contribution in [-0.4, -0.2) is 28.0 Å². The van der Waals surface area contributed by atoms with Gasteiger partial charge in [-0.05, 0) is 25.0 Å². The van der Waals surface area contributed by atoms with Crippen molar-refractivity contribution < 1.29 is 13.2 Å². The highest BCUT2D eigenvalue weighted by molar-refractivity contribution is 5.42. The molecule has 0 bridgehead atoms. The Morgan fingerprint density at radius 2 is 1.90 bits per heavy atom. The summed E-state index contributed by atoms with van der Waals surface area (Å²) in [6.45, 7) is 1.36. The molecule has 7 heteroatoms. The van der Waals surface area contributed by atoms with Crippen LogP contribution < -0.4 is 4.90 Å². The Labute approximate surface area is 120 Å². The Morgan fingerprint density at radius 1 is 1.14 bits per heavy atom. The number of nitrogens with zero attached hydrogens (tertiary/aromatic N) is 3. The third-order valence-corrected chi connectivity index (χ3v) is 3.80. The average molecular weight is 296 g/mol. The number of hydrogen-bond donors (Lipinski definition) is 1. The molecule has 0 aromatic carbocycles. The van der Waals surface area contributed by atoms with Gasteiger partial charge < -0.3 is 9.88 Å². The first-order valence-electron chi connectivity index (χ1n) is 6.81. The van der Waals surface area contributed by atoms with Gasteiger partial charge in [-0.3, -0.25) is 0 Å². The largest absolute Gasteiger partial charge is 0.416 e. The number of hydrogen-bond acceptors (Lipinski definition) is 3. The lowest BCUT2D eigenvalue weighted by Gasteiger charge is -2.32. The summed E-state index contributed by atoms with van der Waals surface area (Å²) in [6.07, 6.45) is 2.10. The van der Waals surface area contributed by atoms with Crippen molar-refractivity contribution in [2.45, 2.75) is 24.9 Å². The average Bonchev–Trinajstić information content (AvgIpc) is 3.01. The lowest BCUT2D eigenvalue weighted by Crippen LogP contribution is -2.34.